The maximum atomic E-state index is 13.9. The highest BCUT2D eigenvalue weighted by Gasteiger charge is 2.32. The van der Waals surface area contributed by atoms with Gasteiger partial charge in [0, 0.05) is 17.6 Å². The van der Waals surface area contributed by atoms with Crippen LogP contribution in [0, 0.1) is 5.82 Å². The minimum absolute atomic E-state index is 0.0381. The summed E-state index contributed by atoms with van der Waals surface area (Å²) in [5, 5.41) is 3.32. The second-order valence-electron chi connectivity index (χ2n) is 9.38. The van der Waals surface area contributed by atoms with Crippen LogP contribution in [-0.2, 0) is 26.2 Å². The van der Waals surface area contributed by atoms with Crippen LogP contribution in [0.3, 0.4) is 0 Å². The molecule has 0 heterocycles. The lowest BCUT2D eigenvalue weighted by molar-refractivity contribution is -0.139. The van der Waals surface area contributed by atoms with Crippen LogP contribution in [0.4, 0.5) is 10.1 Å². The van der Waals surface area contributed by atoms with Crippen molar-refractivity contribution >= 4 is 39.1 Å². The van der Waals surface area contributed by atoms with Crippen LogP contribution >= 0.6 is 11.6 Å². The third-order valence-electron chi connectivity index (χ3n) is 5.98. The Morgan fingerprint density at radius 3 is 2.10 bits per heavy atom. The van der Waals surface area contributed by atoms with E-state index in [4.69, 9.17) is 16.3 Å². The molecule has 2 amide bonds. The predicted molar refractivity (Wildman–Crippen MR) is 153 cm³/mol. The van der Waals surface area contributed by atoms with E-state index in [-0.39, 0.29) is 29.1 Å². The first kappa shape index (κ1) is 30.9. The van der Waals surface area contributed by atoms with Crippen LogP contribution < -0.4 is 14.4 Å². The fourth-order valence-electron chi connectivity index (χ4n) is 3.91. The Balaban J connectivity index is 2.02. The zero-order chi connectivity index (χ0) is 29.4. The van der Waals surface area contributed by atoms with Crippen LogP contribution in [0.1, 0.15) is 33.3 Å². The lowest BCUT2D eigenvalue weighted by atomic mass is 10.1. The summed E-state index contributed by atoms with van der Waals surface area (Å²) < 4.78 is 47.5. The van der Waals surface area contributed by atoms with Gasteiger partial charge in [0.05, 0.1) is 17.2 Å². The van der Waals surface area contributed by atoms with E-state index >= 15 is 0 Å². The second kappa shape index (κ2) is 13.6. The highest BCUT2D eigenvalue weighted by atomic mass is 35.5. The number of sulfonamides is 1. The molecule has 0 aromatic heterocycles. The number of rotatable bonds is 12. The van der Waals surface area contributed by atoms with Gasteiger partial charge < -0.3 is 15.0 Å². The number of nitrogens with one attached hydrogen (secondary N) is 1. The van der Waals surface area contributed by atoms with E-state index in [9.17, 15) is 22.4 Å². The summed E-state index contributed by atoms with van der Waals surface area (Å²) >= 11 is 6.02. The summed E-state index contributed by atoms with van der Waals surface area (Å²) in [5.74, 6) is -1.06. The van der Waals surface area contributed by atoms with Gasteiger partial charge in [0.25, 0.3) is 10.0 Å². The Bertz CT molecular complexity index is 1400. The highest BCUT2D eigenvalue weighted by Crippen LogP contribution is 2.27. The molecular weight excluding hydrogens is 557 g/mol. The molecule has 1 atom stereocenters. The molecule has 0 aliphatic heterocycles. The molecule has 11 heteroatoms. The smallest absolute Gasteiger partial charge is 0.264 e. The minimum Gasteiger partial charge on any atom is -0.494 e. The minimum atomic E-state index is -4.31. The SMILES string of the molecule is CCOc1ccc(N(CC(=O)N(Cc2ccc(Cl)cc2)[C@H](C)C(=O)NC(C)C)S(=O)(=O)c2ccc(F)cc2)cc1. The third kappa shape index (κ3) is 7.95. The van der Waals surface area contributed by atoms with Crippen LogP contribution in [0.5, 0.6) is 5.75 Å². The van der Waals surface area contributed by atoms with Crippen molar-refractivity contribution in [2.45, 2.75) is 51.2 Å². The molecule has 0 aliphatic rings. The molecule has 0 unspecified atom stereocenters. The van der Waals surface area contributed by atoms with Crippen molar-refractivity contribution in [3.63, 3.8) is 0 Å². The fourth-order valence-corrected chi connectivity index (χ4v) is 5.45. The number of anilines is 1. The summed E-state index contributed by atoms with van der Waals surface area (Å²) in [6.45, 7) is 6.87. The van der Waals surface area contributed by atoms with Crippen molar-refractivity contribution in [1.29, 1.82) is 0 Å². The van der Waals surface area contributed by atoms with E-state index in [0.29, 0.717) is 22.9 Å². The van der Waals surface area contributed by atoms with Crippen molar-refractivity contribution in [2.75, 3.05) is 17.5 Å². The number of halogens is 2. The molecule has 8 nitrogen and oxygen atoms in total. The Kier molecular flexibility index (Phi) is 10.5. The maximum absolute atomic E-state index is 13.9. The van der Waals surface area contributed by atoms with E-state index in [1.165, 1.54) is 17.0 Å². The molecule has 0 saturated carbocycles. The van der Waals surface area contributed by atoms with Gasteiger partial charge in [-0.25, -0.2) is 12.8 Å². The molecule has 0 bridgehead atoms. The maximum Gasteiger partial charge on any atom is 0.264 e. The molecule has 0 fully saturated rings. The summed E-state index contributed by atoms with van der Waals surface area (Å²) in [5.41, 5.74) is 0.905. The Morgan fingerprint density at radius 1 is 0.950 bits per heavy atom. The Morgan fingerprint density at radius 2 is 1.55 bits per heavy atom. The monoisotopic (exact) mass is 589 g/mol. The first-order valence-electron chi connectivity index (χ1n) is 12.8. The third-order valence-corrected chi connectivity index (χ3v) is 8.02. The molecule has 40 heavy (non-hydrogen) atoms. The number of hydrogen-bond acceptors (Lipinski definition) is 5. The van der Waals surface area contributed by atoms with Crippen molar-refractivity contribution < 1.29 is 27.1 Å². The van der Waals surface area contributed by atoms with Gasteiger partial charge in [0.15, 0.2) is 0 Å². The Labute approximate surface area is 239 Å². The van der Waals surface area contributed by atoms with E-state index in [1.54, 1.807) is 57.2 Å². The molecule has 214 valence electrons. The average molecular weight is 590 g/mol. The number of nitrogens with zero attached hydrogens (tertiary/aromatic N) is 2. The van der Waals surface area contributed by atoms with Crippen molar-refractivity contribution in [3.8, 4) is 5.75 Å². The van der Waals surface area contributed by atoms with Crippen molar-refractivity contribution in [3.05, 3.63) is 89.2 Å². The number of amides is 2. The molecule has 0 radical (unpaired) electrons. The summed E-state index contributed by atoms with van der Waals surface area (Å²) in [6, 6.07) is 16.3. The summed E-state index contributed by atoms with van der Waals surface area (Å²) in [4.78, 5) is 27.9. The number of carbonyl (C=O) groups is 2. The molecule has 0 saturated heterocycles. The van der Waals surface area contributed by atoms with Gasteiger partial charge in [-0.15, -0.1) is 0 Å². The molecular formula is C29H33ClFN3O5S. The zero-order valence-electron chi connectivity index (χ0n) is 22.8. The summed E-state index contributed by atoms with van der Waals surface area (Å²) in [6.07, 6.45) is 0. The molecule has 3 rings (SSSR count). The standard InChI is InChI=1S/C29H33ClFN3O5S/c1-5-39-26-14-12-25(13-15-26)34(40(37,38)27-16-10-24(31)11-17-27)19-28(35)33(21(4)29(36)32-20(2)3)18-22-6-8-23(30)9-7-22/h6-17,20-21H,5,18-19H2,1-4H3,(H,32,36)/t21-/m1/s1. The largest absolute Gasteiger partial charge is 0.494 e. The van der Waals surface area contributed by atoms with Crippen LogP contribution in [-0.4, -0.2) is 50.4 Å². The van der Waals surface area contributed by atoms with E-state index < -0.39 is 34.3 Å². The van der Waals surface area contributed by atoms with Gasteiger partial charge in [-0.2, -0.15) is 0 Å². The Hall–Kier alpha value is -3.63. The zero-order valence-corrected chi connectivity index (χ0v) is 24.4. The number of benzene rings is 3. The van der Waals surface area contributed by atoms with Gasteiger partial charge in [0.1, 0.15) is 24.2 Å². The van der Waals surface area contributed by atoms with Gasteiger partial charge >= 0.3 is 0 Å². The first-order valence-corrected chi connectivity index (χ1v) is 14.6. The predicted octanol–water partition coefficient (Wildman–Crippen LogP) is 5.02. The second-order valence-corrected chi connectivity index (χ2v) is 11.7. The van der Waals surface area contributed by atoms with Crippen molar-refractivity contribution in [2.24, 2.45) is 0 Å². The molecule has 0 spiro atoms. The molecule has 3 aromatic rings. The quantitative estimate of drug-likeness (QED) is 0.320. The van der Waals surface area contributed by atoms with E-state index in [0.717, 1.165) is 28.6 Å². The summed E-state index contributed by atoms with van der Waals surface area (Å²) in [7, 11) is -4.31. The van der Waals surface area contributed by atoms with Crippen LogP contribution in [0.25, 0.3) is 0 Å². The first-order chi connectivity index (χ1) is 18.9. The fraction of sp³-hybridized carbons (Fsp3) is 0.310. The van der Waals surface area contributed by atoms with Crippen LogP contribution in [0.2, 0.25) is 5.02 Å². The number of hydrogen-bond donors (Lipinski definition) is 1. The van der Waals surface area contributed by atoms with E-state index in [1.807, 2.05) is 6.92 Å². The van der Waals surface area contributed by atoms with E-state index in [2.05, 4.69) is 5.32 Å². The molecule has 0 aliphatic carbocycles. The molecule has 1 N–H and O–H groups in total. The lowest BCUT2D eigenvalue weighted by Crippen LogP contribution is -2.52. The highest BCUT2D eigenvalue weighted by molar-refractivity contribution is 7.92. The topological polar surface area (TPSA) is 96.0 Å². The van der Waals surface area contributed by atoms with Gasteiger partial charge in [-0.05, 0) is 93.9 Å². The average Bonchev–Trinajstić information content (AvgIpc) is 2.91. The number of carbonyl (C=O) groups excluding carboxylic acids is 2. The normalized spacial score (nSPS) is 12.1. The van der Waals surface area contributed by atoms with Gasteiger partial charge in [-0.1, -0.05) is 23.7 Å². The van der Waals surface area contributed by atoms with Gasteiger partial charge in [-0.3, -0.25) is 13.9 Å². The lowest BCUT2D eigenvalue weighted by Gasteiger charge is -2.32. The van der Waals surface area contributed by atoms with Gasteiger partial charge in [0.2, 0.25) is 11.8 Å². The van der Waals surface area contributed by atoms with Crippen molar-refractivity contribution in [1.82, 2.24) is 10.2 Å². The molecule has 3 aromatic carbocycles. The van der Waals surface area contributed by atoms with Crippen LogP contribution in [0.15, 0.2) is 77.7 Å². The number of ether oxygens (including phenoxy) is 1.